The van der Waals surface area contributed by atoms with E-state index in [1.165, 1.54) is 60.7 Å². The first-order valence-electron chi connectivity index (χ1n) is 16.5. The Morgan fingerprint density at radius 1 is 0.377 bits per heavy atom. The maximum atomic E-state index is 10.7. The topological polar surface area (TPSA) is 201 Å². The van der Waals surface area contributed by atoms with Crippen LogP contribution in [-0.4, -0.2) is 46.0 Å². The van der Waals surface area contributed by atoms with Crippen LogP contribution >= 0.6 is 0 Å². The lowest BCUT2D eigenvalue weighted by atomic mass is 9.77. The van der Waals surface area contributed by atoms with Crippen molar-refractivity contribution in [2.24, 2.45) is 0 Å². The van der Waals surface area contributed by atoms with E-state index < -0.39 is 24.0 Å². The molecule has 4 atom stereocenters. The van der Waals surface area contributed by atoms with Gasteiger partial charge in [0, 0.05) is 29.3 Å². The van der Waals surface area contributed by atoms with E-state index in [4.69, 9.17) is 9.47 Å². The molecule has 0 spiro atoms. The van der Waals surface area contributed by atoms with Crippen LogP contribution in [-0.2, 0) is 0 Å². The highest BCUT2D eigenvalue weighted by Gasteiger charge is 2.46. The Hall–Kier alpha value is -7.14. The van der Waals surface area contributed by atoms with Gasteiger partial charge < -0.3 is 55.4 Å². The summed E-state index contributed by atoms with van der Waals surface area (Å²) in [5.74, 6) is -2.89. The summed E-state index contributed by atoms with van der Waals surface area (Å²) in [6, 6.07) is 25.3. The van der Waals surface area contributed by atoms with Crippen LogP contribution in [0, 0.1) is 0 Å². The lowest BCUT2D eigenvalue weighted by Crippen LogP contribution is -2.14. The van der Waals surface area contributed by atoms with Gasteiger partial charge in [0.2, 0.25) is 0 Å². The second kappa shape index (κ2) is 12.6. The first kappa shape index (κ1) is 33.0. The Morgan fingerprint density at radius 2 is 0.811 bits per heavy atom. The van der Waals surface area contributed by atoms with E-state index in [-0.39, 0.29) is 51.7 Å². The monoisotopic (exact) mass is 712 g/mol. The molecule has 0 fully saturated rings. The molecule has 0 amide bonds. The lowest BCUT2D eigenvalue weighted by molar-refractivity contribution is 0.212. The molecule has 6 aromatic rings. The summed E-state index contributed by atoms with van der Waals surface area (Å²) < 4.78 is 13.3. The van der Waals surface area contributed by atoms with Crippen molar-refractivity contribution < 1.29 is 55.4 Å². The summed E-state index contributed by atoms with van der Waals surface area (Å²) in [6.07, 6.45) is 1.96. The van der Waals surface area contributed by atoms with Crippen molar-refractivity contribution in [2.75, 3.05) is 0 Å². The van der Waals surface area contributed by atoms with Crippen molar-refractivity contribution in [3.8, 4) is 63.2 Å². The maximum Gasteiger partial charge on any atom is 0.157 e. The van der Waals surface area contributed by atoms with E-state index in [2.05, 4.69) is 0 Å². The van der Waals surface area contributed by atoms with Crippen molar-refractivity contribution in [3.05, 3.63) is 148 Å². The first-order chi connectivity index (χ1) is 25.4. The molecule has 8 rings (SSSR count). The molecule has 0 saturated carbocycles. The zero-order chi connectivity index (χ0) is 37.1. The van der Waals surface area contributed by atoms with Gasteiger partial charge in [-0.05, 0) is 94.0 Å². The standard InChI is InChI=1S/C42H32O11/c43-25-6-1-20(2-7-25)3-8-30-39-35(52-41(21-4-9-31(48)33(50)15-21)37(39)23-11-26(44)17-27(45)12-23)19-36-40(30)38(24-13-28(46)18-29(47)14-24)42(53-36)22-5-10-32(49)34(51)16-22/h1-19,37-38,41-51H/b8-3-/t37-,38-,41+,42+/m1/s1. The predicted octanol–water partition coefficient (Wildman–Crippen LogP) is 7.74. The quantitative estimate of drug-likeness (QED) is 0.0604. The molecule has 53 heavy (non-hydrogen) atoms. The van der Waals surface area contributed by atoms with Gasteiger partial charge in [-0.25, -0.2) is 0 Å². The average Bonchev–Trinajstić information content (AvgIpc) is 3.68. The van der Waals surface area contributed by atoms with Crippen molar-refractivity contribution >= 4 is 12.2 Å². The second-order valence-corrected chi connectivity index (χ2v) is 13.1. The van der Waals surface area contributed by atoms with Gasteiger partial charge in [-0.1, -0.05) is 36.4 Å². The smallest absolute Gasteiger partial charge is 0.157 e. The molecule has 0 aliphatic carbocycles. The summed E-state index contributed by atoms with van der Waals surface area (Å²) >= 11 is 0. The number of ether oxygens (including phenoxy) is 2. The van der Waals surface area contributed by atoms with Crippen LogP contribution in [0.4, 0.5) is 0 Å². The maximum absolute atomic E-state index is 10.7. The number of hydrogen-bond donors (Lipinski definition) is 9. The Kier molecular flexibility index (Phi) is 7.83. The Morgan fingerprint density at radius 3 is 1.23 bits per heavy atom. The van der Waals surface area contributed by atoms with Gasteiger partial charge in [-0.15, -0.1) is 0 Å². The lowest BCUT2D eigenvalue weighted by Gasteiger charge is -2.24. The number of phenolic OH excluding ortho intramolecular Hbond substituents is 9. The predicted molar refractivity (Wildman–Crippen MR) is 193 cm³/mol. The fourth-order valence-electron chi connectivity index (χ4n) is 7.41. The average molecular weight is 713 g/mol. The largest absolute Gasteiger partial charge is 0.508 e. The minimum Gasteiger partial charge on any atom is -0.508 e. The van der Waals surface area contributed by atoms with E-state index >= 15 is 0 Å². The van der Waals surface area contributed by atoms with Gasteiger partial charge in [-0.3, -0.25) is 0 Å². The molecule has 11 nitrogen and oxygen atoms in total. The molecule has 2 heterocycles. The highest BCUT2D eigenvalue weighted by molar-refractivity contribution is 5.80. The van der Waals surface area contributed by atoms with Crippen LogP contribution in [0.25, 0.3) is 12.2 Å². The molecule has 266 valence electrons. The molecule has 11 heteroatoms. The van der Waals surface area contributed by atoms with Gasteiger partial charge in [0.15, 0.2) is 23.0 Å². The molecule has 0 bridgehead atoms. The summed E-state index contributed by atoms with van der Waals surface area (Å²) in [6.45, 7) is 0. The van der Waals surface area contributed by atoms with E-state index in [1.54, 1.807) is 42.5 Å². The van der Waals surface area contributed by atoms with Crippen molar-refractivity contribution in [1.82, 2.24) is 0 Å². The number of benzene rings is 6. The molecule has 9 N–H and O–H groups in total. The zero-order valence-electron chi connectivity index (χ0n) is 27.6. The number of aromatic hydroxyl groups is 9. The molecular weight excluding hydrogens is 680 g/mol. The van der Waals surface area contributed by atoms with E-state index in [9.17, 15) is 46.0 Å². The van der Waals surface area contributed by atoms with Crippen LogP contribution in [0.3, 0.4) is 0 Å². The molecule has 2 aliphatic rings. The normalized spacial score (nSPS) is 18.7. The third kappa shape index (κ3) is 5.93. The number of hydrogen-bond acceptors (Lipinski definition) is 11. The Labute approximate surface area is 302 Å². The summed E-state index contributed by atoms with van der Waals surface area (Å²) in [7, 11) is 0. The van der Waals surface area contributed by atoms with Crippen molar-refractivity contribution in [3.63, 3.8) is 0 Å². The molecule has 0 saturated heterocycles. The Balaban J connectivity index is 1.42. The van der Waals surface area contributed by atoms with Crippen LogP contribution < -0.4 is 9.47 Å². The third-order valence-corrected chi connectivity index (χ3v) is 9.67. The minimum absolute atomic E-state index is 0.0814. The number of fused-ring (bicyclic) bond motifs is 2. The molecule has 0 aromatic heterocycles. The molecule has 0 radical (unpaired) electrons. The second-order valence-electron chi connectivity index (χ2n) is 13.1. The Bertz CT molecular complexity index is 2260. The first-order valence-corrected chi connectivity index (χ1v) is 16.5. The summed E-state index contributed by atoms with van der Waals surface area (Å²) in [5, 5.41) is 93.9. The van der Waals surface area contributed by atoms with E-state index in [0.717, 1.165) is 5.56 Å². The van der Waals surface area contributed by atoms with Crippen LogP contribution in [0.5, 0.6) is 63.2 Å². The van der Waals surface area contributed by atoms with Gasteiger partial charge >= 0.3 is 0 Å². The van der Waals surface area contributed by atoms with E-state index in [1.807, 2.05) is 12.2 Å². The van der Waals surface area contributed by atoms with Crippen LogP contribution in [0.2, 0.25) is 0 Å². The summed E-state index contributed by atoms with van der Waals surface area (Å²) in [4.78, 5) is 0. The van der Waals surface area contributed by atoms with E-state index in [0.29, 0.717) is 50.4 Å². The van der Waals surface area contributed by atoms with Crippen LogP contribution in [0.15, 0.2) is 103 Å². The number of phenols is 9. The highest BCUT2D eigenvalue weighted by Crippen LogP contribution is 2.60. The minimum atomic E-state index is -0.853. The van der Waals surface area contributed by atoms with Gasteiger partial charge in [0.1, 0.15) is 52.5 Å². The molecular formula is C42H32O11. The molecule has 6 aromatic carbocycles. The fourth-order valence-corrected chi connectivity index (χ4v) is 7.41. The van der Waals surface area contributed by atoms with Crippen molar-refractivity contribution in [1.29, 1.82) is 0 Å². The van der Waals surface area contributed by atoms with Crippen molar-refractivity contribution in [2.45, 2.75) is 24.0 Å². The summed E-state index contributed by atoms with van der Waals surface area (Å²) in [5.41, 5.74) is 4.40. The highest BCUT2D eigenvalue weighted by atomic mass is 16.5. The van der Waals surface area contributed by atoms with Gasteiger partial charge in [0.05, 0.1) is 11.8 Å². The SMILES string of the molecule is Oc1ccc(/C=C\c2c3c(cc4c2[C@@H](c2cc(O)cc(O)c2)[C@H](c2ccc(O)c(O)c2)O4)O[C@@H](c2ccc(O)c(O)c2)[C@@H]3c2cc(O)cc(O)c2)cc1. The fraction of sp³-hybridized carbons (Fsp3) is 0.0952. The zero-order valence-corrected chi connectivity index (χ0v) is 27.6. The molecule has 0 unspecified atom stereocenters. The third-order valence-electron chi connectivity index (χ3n) is 9.67. The van der Waals surface area contributed by atoms with Gasteiger partial charge in [0.25, 0.3) is 0 Å². The molecule has 2 aliphatic heterocycles. The van der Waals surface area contributed by atoms with Crippen LogP contribution in [0.1, 0.15) is 68.6 Å². The number of rotatable bonds is 6. The van der Waals surface area contributed by atoms with Gasteiger partial charge in [-0.2, -0.15) is 0 Å².